The molecule has 0 aliphatic heterocycles. The zero-order valence-corrected chi connectivity index (χ0v) is 19.5. The van der Waals surface area contributed by atoms with Gasteiger partial charge in [-0.15, -0.1) is 0 Å². The van der Waals surface area contributed by atoms with Crippen molar-refractivity contribution in [2.24, 2.45) is 18.4 Å². The summed E-state index contributed by atoms with van der Waals surface area (Å²) in [5.41, 5.74) is 0.626. The summed E-state index contributed by atoms with van der Waals surface area (Å²) in [6.07, 6.45) is 7.25. The first-order valence-corrected chi connectivity index (χ1v) is 11.5. The van der Waals surface area contributed by atoms with E-state index in [-0.39, 0.29) is 17.4 Å². The van der Waals surface area contributed by atoms with Crippen LogP contribution in [0.15, 0.2) is 40.5 Å². The van der Waals surface area contributed by atoms with Crippen molar-refractivity contribution < 1.29 is 9.53 Å². The van der Waals surface area contributed by atoms with Gasteiger partial charge in [0.05, 0.1) is 23.3 Å². The van der Waals surface area contributed by atoms with Gasteiger partial charge in [-0.2, -0.15) is 0 Å². The normalized spacial score (nSPS) is 11.7. The van der Waals surface area contributed by atoms with Crippen LogP contribution in [0.25, 0.3) is 11.3 Å². The molecule has 0 bridgehead atoms. The Bertz CT molecular complexity index is 879. The molecule has 6 nitrogen and oxygen atoms in total. The molecule has 0 saturated carbocycles. The second kappa shape index (κ2) is 11.3. The summed E-state index contributed by atoms with van der Waals surface area (Å²) in [7, 11) is 1.75. The minimum Gasteiger partial charge on any atom is -0.465 e. The molecule has 30 heavy (non-hydrogen) atoms. The summed E-state index contributed by atoms with van der Waals surface area (Å²) in [6.45, 7) is 8.42. The van der Waals surface area contributed by atoms with Gasteiger partial charge >= 0.3 is 5.97 Å². The second-order valence-corrected chi connectivity index (χ2v) is 9.37. The molecular weight excluding hydrogens is 398 g/mol. The third kappa shape index (κ3) is 6.42. The Hall–Kier alpha value is -2.15. The molecule has 0 aromatic carbocycles. The predicted molar refractivity (Wildman–Crippen MR) is 121 cm³/mol. The van der Waals surface area contributed by atoms with Gasteiger partial charge < -0.3 is 4.74 Å². The summed E-state index contributed by atoms with van der Waals surface area (Å²) in [6, 6.07) is 5.49. The monoisotopic (exact) mass is 431 g/mol. The Balaban J connectivity index is 1.70. The molecule has 0 saturated heterocycles. The van der Waals surface area contributed by atoms with Crippen molar-refractivity contribution in [3.8, 4) is 11.3 Å². The molecule has 2 heterocycles. The smallest absolute Gasteiger partial charge is 0.311 e. The van der Waals surface area contributed by atoms with Crippen LogP contribution in [0.5, 0.6) is 0 Å². The number of pyridine rings is 1. The molecule has 2 rings (SSSR count). The Labute approximate surface area is 183 Å². The topological polar surface area (TPSA) is 74.1 Å². The first-order valence-electron chi connectivity index (χ1n) is 10.5. The van der Waals surface area contributed by atoms with E-state index >= 15 is 0 Å². The number of rotatable bonds is 11. The second-order valence-electron chi connectivity index (χ2n) is 8.31. The van der Waals surface area contributed by atoms with E-state index in [4.69, 9.17) is 4.74 Å². The SMILES string of the molecule is CC(C)C(C)(C)C(=O)OCCCCCCSc1ncc(-c2ccccn2)c(=O)n1C. The van der Waals surface area contributed by atoms with Crippen LogP contribution in [0, 0.1) is 11.3 Å². The Morgan fingerprint density at radius 3 is 2.57 bits per heavy atom. The molecule has 0 aliphatic rings. The van der Waals surface area contributed by atoms with E-state index in [1.165, 1.54) is 0 Å². The van der Waals surface area contributed by atoms with E-state index in [1.807, 2.05) is 45.9 Å². The molecular formula is C23H33N3O3S. The molecule has 0 amide bonds. The van der Waals surface area contributed by atoms with Gasteiger partial charge in [-0.1, -0.05) is 44.5 Å². The van der Waals surface area contributed by atoms with E-state index in [9.17, 15) is 9.59 Å². The summed E-state index contributed by atoms with van der Waals surface area (Å²) >= 11 is 1.59. The van der Waals surface area contributed by atoms with Crippen molar-refractivity contribution in [3.63, 3.8) is 0 Å². The number of carbonyl (C=O) groups is 1. The van der Waals surface area contributed by atoms with E-state index in [0.29, 0.717) is 23.0 Å². The van der Waals surface area contributed by atoms with Gasteiger partial charge in [0.25, 0.3) is 5.56 Å². The van der Waals surface area contributed by atoms with Gasteiger partial charge in [0.2, 0.25) is 0 Å². The lowest BCUT2D eigenvalue weighted by atomic mass is 9.81. The highest BCUT2D eigenvalue weighted by Crippen LogP contribution is 2.27. The molecule has 0 N–H and O–H groups in total. The van der Waals surface area contributed by atoms with Gasteiger partial charge in [-0.3, -0.25) is 19.1 Å². The molecule has 164 valence electrons. The van der Waals surface area contributed by atoms with Crippen LogP contribution < -0.4 is 5.56 Å². The fourth-order valence-electron chi connectivity index (χ4n) is 2.67. The van der Waals surface area contributed by atoms with Gasteiger partial charge in [-0.05, 0) is 44.7 Å². The van der Waals surface area contributed by atoms with Crippen LogP contribution >= 0.6 is 11.8 Å². The zero-order valence-electron chi connectivity index (χ0n) is 18.7. The molecule has 0 radical (unpaired) electrons. The fourth-order valence-corrected chi connectivity index (χ4v) is 3.60. The number of nitrogens with zero attached hydrogens (tertiary/aromatic N) is 3. The van der Waals surface area contributed by atoms with Crippen molar-refractivity contribution in [2.75, 3.05) is 12.4 Å². The van der Waals surface area contributed by atoms with Crippen LogP contribution in [0.4, 0.5) is 0 Å². The van der Waals surface area contributed by atoms with Gasteiger partial charge in [-0.25, -0.2) is 4.98 Å². The average molecular weight is 432 g/mol. The molecule has 0 fully saturated rings. The maximum absolute atomic E-state index is 12.6. The first-order chi connectivity index (χ1) is 14.2. The number of thioether (sulfide) groups is 1. The van der Waals surface area contributed by atoms with Gasteiger partial charge in [0.15, 0.2) is 5.16 Å². The molecule has 0 unspecified atom stereocenters. The highest BCUT2D eigenvalue weighted by Gasteiger charge is 2.32. The third-order valence-electron chi connectivity index (χ3n) is 5.54. The zero-order chi connectivity index (χ0) is 22.1. The predicted octanol–water partition coefficient (Wildman–Crippen LogP) is 4.72. The minimum absolute atomic E-state index is 0.0858. The van der Waals surface area contributed by atoms with E-state index in [0.717, 1.165) is 31.4 Å². The lowest BCUT2D eigenvalue weighted by molar-refractivity contribution is -0.156. The van der Waals surface area contributed by atoms with Crippen LogP contribution in [-0.2, 0) is 16.6 Å². The van der Waals surface area contributed by atoms with Crippen molar-refractivity contribution in [2.45, 2.75) is 58.5 Å². The Kier molecular flexibility index (Phi) is 9.08. The largest absolute Gasteiger partial charge is 0.465 e. The van der Waals surface area contributed by atoms with Crippen LogP contribution in [-0.4, -0.2) is 32.9 Å². The molecule has 0 spiro atoms. The number of hydrogen-bond acceptors (Lipinski definition) is 6. The molecule has 0 aliphatic carbocycles. The number of ether oxygens (including phenoxy) is 1. The van der Waals surface area contributed by atoms with Crippen molar-refractivity contribution in [3.05, 3.63) is 40.9 Å². The number of unbranched alkanes of at least 4 members (excludes halogenated alkanes) is 3. The highest BCUT2D eigenvalue weighted by atomic mass is 32.2. The van der Waals surface area contributed by atoms with Crippen LogP contribution in [0.3, 0.4) is 0 Å². The molecule has 2 aromatic heterocycles. The van der Waals surface area contributed by atoms with Crippen molar-refractivity contribution in [1.82, 2.24) is 14.5 Å². The summed E-state index contributed by atoms with van der Waals surface area (Å²) in [5.74, 6) is 1.03. The molecule has 2 aromatic rings. The standard InChI is InChI=1S/C23H33N3O3S/c1-17(2)23(3,4)21(28)29-14-10-6-7-11-15-30-22-25-16-18(20(27)26(22)5)19-12-8-9-13-24-19/h8-9,12-13,16-17H,6-7,10-11,14-15H2,1-5H3. The number of aromatic nitrogens is 3. The summed E-state index contributed by atoms with van der Waals surface area (Å²) < 4.78 is 7.01. The van der Waals surface area contributed by atoms with Crippen molar-refractivity contribution in [1.29, 1.82) is 0 Å². The maximum atomic E-state index is 12.6. The lowest BCUT2D eigenvalue weighted by Crippen LogP contribution is -2.32. The quantitative estimate of drug-likeness (QED) is 0.222. The number of esters is 1. The van der Waals surface area contributed by atoms with Crippen LogP contribution in [0.2, 0.25) is 0 Å². The van der Waals surface area contributed by atoms with Gasteiger partial charge in [0.1, 0.15) is 0 Å². The van der Waals surface area contributed by atoms with E-state index < -0.39 is 5.41 Å². The molecule has 0 atom stereocenters. The highest BCUT2D eigenvalue weighted by molar-refractivity contribution is 7.99. The Morgan fingerprint density at radius 2 is 1.90 bits per heavy atom. The summed E-state index contributed by atoms with van der Waals surface area (Å²) in [5, 5.41) is 0.713. The average Bonchev–Trinajstić information content (AvgIpc) is 2.73. The first kappa shape index (κ1) is 24.1. The maximum Gasteiger partial charge on any atom is 0.311 e. The van der Waals surface area contributed by atoms with E-state index in [1.54, 1.807) is 35.8 Å². The minimum atomic E-state index is -0.439. The fraction of sp³-hybridized carbons (Fsp3) is 0.565. The lowest BCUT2D eigenvalue weighted by Gasteiger charge is -2.26. The Morgan fingerprint density at radius 1 is 1.17 bits per heavy atom. The number of carbonyl (C=O) groups excluding carboxylic acids is 1. The molecule has 7 heteroatoms. The van der Waals surface area contributed by atoms with Crippen molar-refractivity contribution >= 4 is 17.7 Å². The van der Waals surface area contributed by atoms with Gasteiger partial charge in [0, 0.05) is 25.2 Å². The van der Waals surface area contributed by atoms with E-state index in [2.05, 4.69) is 9.97 Å². The third-order valence-corrected chi connectivity index (χ3v) is 6.67. The summed E-state index contributed by atoms with van der Waals surface area (Å²) in [4.78, 5) is 33.4. The number of hydrogen-bond donors (Lipinski definition) is 0. The van der Waals surface area contributed by atoms with Crippen LogP contribution in [0.1, 0.15) is 53.4 Å².